The molecule has 0 saturated heterocycles. The van der Waals surface area contributed by atoms with Crippen LogP contribution in [0.15, 0.2) is 24.4 Å². The Morgan fingerprint density at radius 2 is 2.12 bits per heavy atom. The molecule has 136 valence electrons. The van der Waals surface area contributed by atoms with Crippen molar-refractivity contribution >= 4 is 34.1 Å². The summed E-state index contributed by atoms with van der Waals surface area (Å²) in [4.78, 5) is 31.4. The maximum atomic E-state index is 12.5. The summed E-state index contributed by atoms with van der Waals surface area (Å²) in [5.41, 5.74) is 3.72. The fourth-order valence-corrected chi connectivity index (χ4v) is 3.95. The Kier molecular flexibility index (Phi) is 5.08. The predicted octanol–water partition coefficient (Wildman–Crippen LogP) is 3.61. The minimum atomic E-state index is -0.990. The molecule has 7 heteroatoms. The van der Waals surface area contributed by atoms with Gasteiger partial charge in [0.15, 0.2) is 0 Å². The van der Waals surface area contributed by atoms with Gasteiger partial charge in [0.05, 0.1) is 18.2 Å². The molecule has 1 unspecified atom stereocenters. The first-order chi connectivity index (χ1) is 12.4. The van der Waals surface area contributed by atoms with Crippen LogP contribution in [0.2, 0.25) is 0 Å². The number of aromatic nitrogens is 2. The molecule has 6 nitrogen and oxygen atoms in total. The molecule has 3 rings (SSSR count). The number of hydrogen-bond donors (Lipinski definition) is 3. The first-order valence-corrected chi connectivity index (χ1v) is 9.30. The number of nitrogens with zero attached hydrogens (tertiary/aromatic N) is 1. The molecule has 3 aromatic rings. The molecule has 0 saturated carbocycles. The van der Waals surface area contributed by atoms with Crippen molar-refractivity contribution in [3.05, 3.63) is 51.1 Å². The molecule has 0 aliphatic heterocycles. The van der Waals surface area contributed by atoms with E-state index in [-0.39, 0.29) is 23.2 Å². The lowest BCUT2D eigenvalue weighted by Crippen LogP contribution is -2.28. The van der Waals surface area contributed by atoms with E-state index in [0.717, 1.165) is 34.2 Å². The summed E-state index contributed by atoms with van der Waals surface area (Å²) in [5.74, 6) is -1.11. The molecule has 26 heavy (non-hydrogen) atoms. The molecule has 0 bridgehead atoms. The summed E-state index contributed by atoms with van der Waals surface area (Å²) < 4.78 is 0. The number of aryl methyl sites for hydroxylation is 2. The number of fused-ring (bicyclic) bond motifs is 1. The number of aromatic amines is 1. The summed E-state index contributed by atoms with van der Waals surface area (Å²) >= 11 is 1.10. The van der Waals surface area contributed by atoms with Crippen LogP contribution in [0.3, 0.4) is 0 Å². The third kappa shape index (κ3) is 3.48. The molecular weight excluding hydrogens is 350 g/mol. The predicted molar refractivity (Wildman–Crippen MR) is 102 cm³/mol. The topological polar surface area (TPSA) is 95.1 Å². The Morgan fingerprint density at radius 1 is 1.35 bits per heavy atom. The van der Waals surface area contributed by atoms with Crippen molar-refractivity contribution in [2.45, 2.75) is 39.7 Å². The van der Waals surface area contributed by atoms with Gasteiger partial charge in [-0.15, -0.1) is 11.3 Å². The largest absolute Gasteiger partial charge is 0.477 e. The summed E-state index contributed by atoms with van der Waals surface area (Å²) in [6.45, 7) is 5.58. The minimum absolute atomic E-state index is 0.120. The average molecular weight is 371 g/mol. The van der Waals surface area contributed by atoms with Gasteiger partial charge in [0.2, 0.25) is 5.91 Å². The van der Waals surface area contributed by atoms with Crippen LogP contribution in [-0.4, -0.2) is 27.0 Å². The van der Waals surface area contributed by atoms with E-state index in [4.69, 9.17) is 5.11 Å². The monoisotopic (exact) mass is 371 g/mol. The standard InChI is InChI=1S/C19H21N3O3S/c1-4-12-6-5-7-14-13(9-20-16(12)14)8-15(23)21-11(3)18-22-10(2)17(26-18)19(24)25/h5-7,9,11,20H,4,8H2,1-3H3,(H,21,23)(H,24,25). The maximum Gasteiger partial charge on any atom is 0.347 e. The Balaban J connectivity index is 1.73. The quantitative estimate of drug-likeness (QED) is 0.617. The van der Waals surface area contributed by atoms with Crippen molar-refractivity contribution in [3.63, 3.8) is 0 Å². The molecule has 1 amide bonds. The van der Waals surface area contributed by atoms with Crippen LogP contribution in [0, 0.1) is 6.92 Å². The molecule has 0 radical (unpaired) electrons. The second kappa shape index (κ2) is 7.29. The van der Waals surface area contributed by atoms with Crippen molar-refractivity contribution < 1.29 is 14.7 Å². The first kappa shape index (κ1) is 18.1. The molecule has 2 heterocycles. The zero-order valence-electron chi connectivity index (χ0n) is 14.9. The summed E-state index contributed by atoms with van der Waals surface area (Å²) in [7, 11) is 0. The Hall–Kier alpha value is -2.67. The van der Waals surface area contributed by atoms with E-state index >= 15 is 0 Å². The van der Waals surface area contributed by atoms with Gasteiger partial charge < -0.3 is 15.4 Å². The minimum Gasteiger partial charge on any atom is -0.477 e. The van der Waals surface area contributed by atoms with Gasteiger partial charge in [-0.2, -0.15) is 0 Å². The highest BCUT2D eigenvalue weighted by Gasteiger charge is 2.19. The number of carbonyl (C=O) groups excluding carboxylic acids is 1. The van der Waals surface area contributed by atoms with E-state index in [1.807, 2.05) is 25.3 Å². The molecule has 0 aliphatic carbocycles. The third-order valence-electron chi connectivity index (χ3n) is 4.37. The molecule has 0 aliphatic rings. The van der Waals surface area contributed by atoms with Gasteiger partial charge in [0.25, 0.3) is 0 Å². The zero-order chi connectivity index (χ0) is 18.8. The number of carboxylic acid groups (broad SMARTS) is 1. The van der Waals surface area contributed by atoms with Crippen LogP contribution in [-0.2, 0) is 17.6 Å². The number of amides is 1. The van der Waals surface area contributed by atoms with E-state index < -0.39 is 5.97 Å². The SMILES string of the molecule is CCc1cccc2c(CC(=O)NC(C)c3nc(C)c(C(=O)O)s3)c[nH]c12. The maximum absolute atomic E-state index is 12.5. The molecule has 0 fully saturated rings. The van der Waals surface area contributed by atoms with E-state index in [0.29, 0.717) is 10.7 Å². The number of benzene rings is 1. The molecule has 0 spiro atoms. The van der Waals surface area contributed by atoms with Crippen molar-refractivity contribution in [1.82, 2.24) is 15.3 Å². The van der Waals surface area contributed by atoms with Gasteiger partial charge in [-0.1, -0.05) is 25.1 Å². The smallest absolute Gasteiger partial charge is 0.347 e. The van der Waals surface area contributed by atoms with Gasteiger partial charge in [0.1, 0.15) is 9.88 Å². The highest BCUT2D eigenvalue weighted by atomic mass is 32.1. The van der Waals surface area contributed by atoms with Crippen LogP contribution in [0.25, 0.3) is 10.9 Å². The fraction of sp³-hybridized carbons (Fsp3) is 0.316. The van der Waals surface area contributed by atoms with Crippen molar-refractivity contribution in [1.29, 1.82) is 0 Å². The highest BCUT2D eigenvalue weighted by Crippen LogP contribution is 2.25. The number of thiazole rings is 1. The highest BCUT2D eigenvalue weighted by molar-refractivity contribution is 7.13. The van der Waals surface area contributed by atoms with Crippen LogP contribution in [0.5, 0.6) is 0 Å². The van der Waals surface area contributed by atoms with Crippen LogP contribution in [0.1, 0.15) is 51.4 Å². The number of hydrogen-bond acceptors (Lipinski definition) is 4. The molecule has 1 aromatic carbocycles. The summed E-state index contributed by atoms with van der Waals surface area (Å²) in [5, 5.41) is 13.7. The lowest BCUT2D eigenvalue weighted by molar-refractivity contribution is -0.121. The van der Waals surface area contributed by atoms with Gasteiger partial charge >= 0.3 is 5.97 Å². The fourth-order valence-electron chi connectivity index (χ4n) is 3.04. The summed E-state index contributed by atoms with van der Waals surface area (Å²) in [6.07, 6.45) is 3.06. The first-order valence-electron chi connectivity index (χ1n) is 8.48. The zero-order valence-corrected chi connectivity index (χ0v) is 15.7. The van der Waals surface area contributed by atoms with Crippen LogP contribution in [0.4, 0.5) is 0 Å². The van der Waals surface area contributed by atoms with Crippen molar-refractivity contribution in [3.8, 4) is 0 Å². The number of nitrogens with one attached hydrogen (secondary N) is 2. The lowest BCUT2D eigenvalue weighted by atomic mass is 10.1. The van der Waals surface area contributed by atoms with Gasteiger partial charge in [0, 0.05) is 17.1 Å². The second-order valence-electron chi connectivity index (χ2n) is 6.24. The van der Waals surface area contributed by atoms with Crippen LogP contribution < -0.4 is 5.32 Å². The number of para-hydroxylation sites is 1. The molecule has 2 aromatic heterocycles. The van der Waals surface area contributed by atoms with Gasteiger partial charge in [-0.3, -0.25) is 4.79 Å². The Labute approximate surface area is 155 Å². The normalized spacial score (nSPS) is 12.3. The van der Waals surface area contributed by atoms with Gasteiger partial charge in [-0.25, -0.2) is 9.78 Å². The second-order valence-corrected chi connectivity index (χ2v) is 7.28. The molecule has 1 atom stereocenters. The number of H-pyrrole nitrogens is 1. The van der Waals surface area contributed by atoms with E-state index in [2.05, 4.69) is 28.3 Å². The van der Waals surface area contributed by atoms with Gasteiger partial charge in [-0.05, 0) is 31.4 Å². The molecule has 3 N–H and O–H groups in total. The van der Waals surface area contributed by atoms with E-state index in [1.165, 1.54) is 5.56 Å². The lowest BCUT2D eigenvalue weighted by Gasteiger charge is -2.11. The Bertz CT molecular complexity index is 974. The number of aromatic carboxylic acids is 1. The summed E-state index contributed by atoms with van der Waals surface area (Å²) in [6, 6.07) is 5.76. The van der Waals surface area contributed by atoms with Crippen LogP contribution >= 0.6 is 11.3 Å². The number of carbonyl (C=O) groups is 2. The number of rotatable bonds is 6. The molecular formula is C19H21N3O3S. The van der Waals surface area contributed by atoms with E-state index in [9.17, 15) is 9.59 Å². The van der Waals surface area contributed by atoms with Crippen molar-refractivity contribution in [2.75, 3.05) is 0 Å². The third-order valence-corrected chi connectivity index (χ3v) is 5.70. The Morgan fingerprint density at radius 3 is 2.77 bits per heavy atom. The van der Waals surface area contributed by atoms with E-state index in [1.54, 1.807) is 6.92 Å². The number of carboxylic acids is 1. The van der Waals surface area contributed by atoms with Crippen molar-refractivity contribution in [2.24, 2.45) is 0 Å². The average Bonchev–Trinajstić information content (AvgIpc) is 3.18.